The summed E-state index contributed by atoms with van der Waals surface area (Å²) < 4.78 is 25.0. The van der Waals surface area contributed by atoms with Gasteiger partial charge >= 0.3 is 158 Å². The molecule has 0 fully saturated rings. The van der Waals surface area contributed by atoms with Gasteiger partial charge in [0.05, 0.1) is 0 Å². The van der Waals surface area contributed by atoms with Crippen molar-refractivity contribution < 1.29 is 13.6 Å². The fraction of sp³-hybridized carbons (Fsp3) is 0. The van der Waals surface area contributed by atoms with Crippen molar-refractivity contribution in [3.05, 3.63) is 54.6 Å². The van der Waals surface area contributed by atoms with Crippen LogP contribution in [0, 0.1) is 0 Å². The SMILES string of the molecule is ClC(Cl)=NP1(N=C(Cl)Cl)(Oc2ccccc2)Oc2ccccc2O1. The number of fused-ring (bicyclic) bond motifs is 1. The first-order valence-corrected chi connectivity index (χ1v) is 9.91. The van der Waals surface area contributed by atoms with Crippen molar-refractivity contribution in [2.24, 2.45) is 9.53 Å². The van der Waals surface area contributed by atoms with Crippen molar-refractivity contribution in [1.82, 2.24) is 0 Å². The van der Waals surface area contributed by atoms with E-state index >= 15 is 0 Å². The maximum absolute atomic E-state index is 5.93. The van der Waals surface area contributed by atoms with Gasteiger partial charge in [-0.25, -0.2) is 0 Å². The second kappa shape index (κ2) is 6.58. The standard InChI is InChI=1S/C14H9Cl4N2O3P/c15-13(16)19-24(20-14(17)18,21-10-6-2-1-3-7-10)22-11-8-4-5-9-12(11)23-24/h1-9H. The Hall–Kier alpha value is -1.23. The van der Waals surface area contributed by atoms with Gasteiger partial charge in [-0.15, -0.1) is 0 Å². The van der Waals surface area contributed by atoms with Gasteiger partial charge in [0.25, 0.3) is 0 Å². The molecule has 0 aromatic heterocycles. The predicted molar refractivity (Wildman–Crippen MR) is 100.0 cm³/mol. The number of para-hydroxylation sites is 3. The van der Waals surface area contributed by atoms with Crippen molar-refractivity contribution in [1.29, 1.82) is 0 Å². The minimum absolute atomic E-state index is 0.350. The van der Waals surface area contributed by atoms with E-state index in [4.69, 9.17) is 60.0 Å². The van der Waals surface area contributed by atoms with Crippen LogP contribution in [-0.4, -0.2) is 9.26 Å². The van der Waals surface area contributed by atoms with E-state index in [2.05, 4.69) is 9.53 Å². The maximum atomic E-state index is 5.93. The Bertz CT molecular complexity index is 777. The van der Waals surface area contributed by atoms with Gasteiger partial charge in [0, 0.05) is 0 Å². The van der Waals surface area contributed by atoms with Gasteiger partial charge in [-0.3, -0.25) is 0 Å². The number of rotatable bonds is 4. The minimum atomic E-state index is -4.70. The molecule has 2 aromatic carbocycles. The molecule has 0 N–H and O–H groups in total. The van der Waals surface area contributed by atoms with E-state index in [1.54, 1.807) is 48.5 Å². The third-order valence-electron chi connectivity index (χ3n) is 2.85. The van der Waals surface area contributed by atoms with Gasteiger partial charge in [-0.2, -0.15) is 0 Å². The number of hydrogen-bond donors (Lipinski definition) is 0. The van der Waals surface area contributed by atoms with Crippen molar-refractivity contribution in [2.45, 2.75) is 0 Å². The van der Waals surface area contributed by atoms with Crippen LogP contribution >= 0.6 is 54.0 Å². The van der Waals surface area contributed by atoms with Gasteiger partial charge < -0.3 is 0 Å². The summed E-state index contributed by atoms with van der Waals surface area (Å²) in [4.78, 5) is 0. The molecule has 0 atom stereocenters. The number of nitrogens with zero attached hydrogens (tertiary/aromatic N) is 2. The third-order valence-corrected chi connectivity index (χ3v) is 6.27. The summed E-state index contributed by atoms with van der Waals surface area (Å²) >= 11 is 23.1. The average molecular weight is 426 g/mol. The molecule has 5 nitrogen and oxygen atoms in total. The average Bonchev–Trinajstić information content (AvgIpc) is 2.79. The van der Waals surface area contributed by atoms with Crippen LogP contribution in [0.5, 0.6) is 17.2 Å². The summed E-state index contributed by atoms with van der Waals surface area (Å²) in [6, 6.07) is 15.5. The predicted octanol–water partition coefficient (Wildman–Crippen LogP) is 6.33. The first-order chi connectivity index (χ1) is 11.4. The number of halogens is 4. The molecule has 10 heteroatoms. The molecule has 0 spiro atoms. The van der Waals surface area contributed by atoms with E-state index in [1.807, 2.05) is 6.07 Å². The summed E-state index contributed by atoms with van der Waals surface area (Å²) in [6.07, 6.45) is 0. The third kappa shape index (κ3) is 3.56. The zero-order chi connectivity index (χ0) is 17.2. The van der Waals surface area contributed by atoms with Crippen molar-refractivity contribution in [3.8, 4) is 17.2 Å². The Kier molecular flexibility index (Phi) is 4.82. The Balaban J connectivity index is 2.20. The van der Waals surface area contributed by atoms with E-state index < -0.39 is 16.8 Å². The van der Waals surface area contributed by atoms with E-state index in [9.17, 15) is 0 Å². The summed E-state index contributed by atoms with van der Waals surface area (Å²) in [5.74, 6) is 1.06. The molecular formula is C14H9Cl4N2O3P. The molecule has 0 saturated carbocycles. The van der Waals surface area contributed by atoms with Crippen molar-refractivity contribution in [3.63, 3.8) is 0 Å². The summed E-state index contributed by atoms with van der Waals surface area (Å²) in [6.45, 7) is 0. The topological polar surface area (TPSA) is 52.4 Å². The molecule has 0 unspecified atom stereocenters. The second-order valence-electron chi connectivity index (χ2n) is 4.52. The monoisotopic (exact) mass is 424 g/mol. The normalized spacial score (nSPS) is 17.9. The molecule has 0 radical (unpaired) electrons. The van der Waals surface area contributed by atoms with Gasteiger partial charge in [0.2, 0.25) is 0 Å². The Morgan fingerprint density at radius 3 is 1.67 bits per heavy atom. The fourth-order valence-electron chi connectivity index (χ4n) is 2.05. The molecule has 2 aromatic rings. The quantitative estimate of drug-likeness (QED) is 0.424. The van der Waals surface area contributed by atoms with Crippen LogP contribution in [0.3, 0.4) is 0 Å². The van der Waals surface area contributed by atoms with Gasteiger partial charge in [-0.05, 0) is 0 Å². The molecule has 3 rings (SSSR count). The zero-order valence-corrected chi connectivity index (χ0v) is 15.7. The Morgan fingerprint density at radius 1 is 0.750 bits per heavy atom. The Labute approximate surface area is 158 Å². The van der Waals surface area contributed by atoms with Crippen LogP contribution in [0.25, 0.3) is 0 Å². The molecule has 0 amide bonds. The zero-order valence-electron chi connectivity index (χ0n) is 11.8. The van der Waals surface area contributed by atoms with Crippen LogP contribution in [0.15, 0.2) is 64.1 Å². The van der Waals surface area contributed by atoms with Crippen LogP contribution in [0.4, 0.5) is 0 Å². The summed E-state index contributed by atoms with van der Waals surface area (Å²) in [5.41, 5.74) is 0. The first-order valence-electron chi connectivity index (χ1n) is 6.50. The molecule has 1 heterocycles. The van der Waals surface area contributed by atoms with E-state index in [1.165, 1.54) is 0 Å². The van der Waals surface area contributed by atoms with Gasteiger partial charge in [-0.1, -0.05) is 0 Å². The van der Waals surface area contributed by atoms with Gasteiger partial charge in [0.15, 0.2) is 0 Å². The molecule has 0 saturated heterocycles. The van der Waals surface area contributed by atoms with Crippen molar-refractivity contribution >= 4 is 63.2 Å². The van der Waals surface area contributed by atoms with Crippen LogP contribution in [0.1, 0.15) is 0 Å². The van der Waals surface area contributed by atoms with Crippen LogP contribution in [0.2, 0.25) is 0 Å². The molecule has 1 aliphatic rings. The number of hydrogen-bond acceptors (Lipinski definition) is 5. The first kappa shape index (κ1) is 17.6. The molecule has 0 aliphatic carbocycles. The Morgan fingerprint density at radius 2 is 1.21 bits per heavy atom. The fourth-order valence-corrected chi connectivity index (χ4v) is 5.93. The summed E-state index contributed by atoms with van der Waals surface area (Å²) in [7, 11) is -4.70. The summed E-state index contributed by atoms with van der Waals surface area (Å²) in [5, 5.41) is 0. The van der Waals surface area contributed by atoms with Crippen molar-refractivity contribution in [2.75, 3.05) is 0 Å². The second-order valence-corrected chi connectivity index (χ2v) is 8.89. The molecule has 1 aliphatic heterocycles. The molecular weight excluding hydrogens is 417 g/mol. The van der Waals surface area contributed by atoms with E-state index in [-0.39, 0.29) is 0 Å². The van der Waals surface area contributed by atoms with Crippen LogP contribution < -0.4 is 13.6 Å². The van der Waals surface area contributed by atoms with Crippen LogP contribution in [-0.2, 0) is 0 Å². The van der Waals surface area contributed by atoms with E-state index in [0.717, 1.165) is 0 Å². The van der Waals surface area contributed by atoms with Gasteiger partial charge in [0.1, 0.15) is 0 Å². The molecule has 0 bridgehead atoms. The molecule has 24 heavy (non-hydrogen) atoms. The number of benzene rings is 2. The molecule has 126 valence electrons. The van der Waals surface area contributed by atoms with E-state index in [0.29, 0.717) is 17.2 Å².